The predicted octanol–water partition coefficient (Wildman–Crippen LogP) is 2.91. The van der Waals surface area contributed by atoms with Gasteiger partial charge in [-0.1, -0.05) is 19.9 Å². The highest BCUT2D eigenvalue weighted by molar-refractivity contribution is 7.10. The van der Waals surface area contributed by atoms with Gasteiger partial charge >= 0.3 is 0 Å². The number of hydrogen-bond acceptors (Lipinski definition) is 3. The minimum atomic E-state index is -0.153. The van der Waals surface area contributed by atoms with E-state index in [0.717, 1.165) is 4.88 Å². The molecule has 1 rings (SSSR count). The smallest absolute Gasteiger partial charge is 0.220 e. The third-order valence-electron chi connectivity index (χ3n) is 2.41. The summed E-state index contributed by atoms with van der Waals surface area (Å²) >= 11 is 1.57. The molecule has 1 N–H and O–H groups in total. The third-order valence-corrected chi connectivity index (χ3v) is 3.40. The lowest BCUT2D eigenvalue weighted by molar-refractivity contribution is -0.121. The van der Waals surface area contributed by atoms with Gasteiger partial charge in [0.2, 0.25) is 5.91 Å². The molecule has 1 heterocycles. The molecule has 0 aliphatic carbocycles. The fraction of sp³-hybridized carbons (Fsp3) is 0.538. The summed E-state index contributed by atoms with van der Waals surface area (Å²) in [4.78, 5) is 12.6. The summed E-state index contributed by atoms with van der Waals surface area (Å²) in [6.07, 6.45) is 1.02. The Hall–Kier alpha value is -1.34. The van der Waals surface area contributed by atoms with E-state index in [4.69, 9.17) is 5.26 Å². The van der Waals surface area contributed by atoms with Crippen LogP contribution >= 0.6 is 11.3 Å². The minimum Gasteiger partial charge on any atom is -0.356 e. The molecule has 4 heteroatoms. The van der Waals surface area contributed by atoms with Gasteiger partial charge in [0.1, 0.15) is 0 Å². The lowest BCUT2D eigenvalue weighted by Gasteiger charge is -2.09. The van der Waals surface area contributed by atoms with Crippen molar-refractivity contribution in [2.24, 2.45) is 5.92 Å². The molecule has 1 amide bonds. The van der Waals surface area contributed by atoms with Crippen LogP contribution in [0.4, 0.5) is 0 Å². The number of amides is 1. The quantitative estimate of drug-likeness (QED) is 0.844. The van der Waals surface area contributed by atoms with Crippen LogP contribution < -0.4 is 5.32 Å². The standard InChI is InChI=1S/C13H18N2OS/c1-10(2)9-15-13(16)6-5-11(8-14)12-4-3-7-17-12/h3-4,7,10-11H,5-6,9H2,1-2H3,(H,15,16). The summed E-state index contributed by atoms with van der Waals surface area (Å²) in [6.45, 7) is 4.82. The number of carbonyl (C=O) groups is 1. The molecular formula is C13H18N2OS. The Labute approximate surface area is 106 Å². The van der Waals surface area contributed by atoms with Crippen LogP contribution in [0.5, 0.6) is 0 Å². The van der Waals surface area contributed by atoms with Crippen LogP contribution in [-0.4, -0.2) is 12.5 Å². The van der Waals surface area contributed by atoms with Gasteiger partial charge in [-0.15, -0.1) is 11.3 Å². The van der Waals surface area contributed by atoms with E-state index >= 15 is 0 Å². The maximum absolute atomic E-state index is 11.5. The van der Waals surface area contributed by atoms with E-state index in [1.807, 2.05) is 17.5 Å². The van der Waals surface area contributed by atoms with E-state index < -0.39 is 0 Å². The molecule has 0 aliphatic rings. The zero-order valence-corrected chi connectivity index (χ0v) is 11.1. The summed E-state index contributed by atoms with van der Waals surface area (Å²) in [7, 11) is 0. The van der Waals surface area contributed by atoms with Crippen molar-refractivity contribution < 1.29 is 4.79 Å². The van der Waals surface area contributed by atoms with Crippen molar-refractivity contribution in [3.05, 3.63) is 22.4 Å². The first-order valence-electron chi connectivity index (χ1n) is 5.83. The first-order valence-corrected chi connectivity index (χ1v) is 6.71. The molecular weight excluding hydrogens is 232 g/mol. The van der Waals surface area contributed by atoms with E-state index in [0.29, 0.717) is 25.3 Å². The van der Waals surface area contributed by atoms with Crippen LogP contribution in [0, 0.1) is 17.2 Å². The van der Waals surface area contributed by atoms with Crippen LogP contribution in [-0.2, 0) is 4.79 Å². The summed E-state index contributed by atoms with van der Waals surface area (Å²) in [6, 6.07) is 6.14. The highest BCUT2D eigenvalue weighted by atomic mass is 32.1. The first-order chi connectivity index (χ1) is 8.13. The van der Waals surface area contributed by atoms with Gasteiger partial charge in [0.05, 0.1) is 12.0 Å². The lowest BCUT2D eigenvalue weighted by atomic mass is 10.0. The van der Waals surface area contributed by atoms with Crippen LogP contribution in [0.3, 0.4) is 0 Å². The minimum absolute atomic E-state index is 0.0375. The molecule has 92 valence electrons. The van der Waals surface area contributed by atoms with Crippen LogP contribution in [0.15, 0.2) is 17.5 Å². The van der Waals surface area contributed by atoms with Gasteiger partial charge in [-0.3, -0.25) is 4.79 Å². The largest absolute Gasteiger partial charge is 0.356 e. The molecule has 1 aromatic rings. The van der Waals surface area contributed by atoms with Gasteiger partial charge in [0.25, 0.3) is 0 Å². The average molecular weight is 250 g/mol. The Morgan fingerprint density at radius 2 is 2.35 bits per heavy atom. The fourth-order valence-corrected chi connectivity index (χ4v) is 2.25. The first kappa shape index (κ1) is 13.7. The molecule has 3 nitrogen and oxygen atoms in total. The number of nitriles is 1. The Kier molecular flexibility index (Phi) is 5.71. The normalized spacial score (nSPS) is 12.1. The van der Waals surface area contributed by atoms with Crippen LogP contribution in [0.25, 0.3) is 0 Å². The molecule has 0 saturated heterocycles. The van der Waals surface area contributed by atoms with Gasteiger partial charge < -0.3 is 5.32 Å². The Bertz CT molecular complexity index is 379. The van der Waals surface area contributed by atoms with E-state index in [2.05, 4.69) is 25.2 Å². The topological polar surface area (TPSA) is 52.9 Å². The second-order valence-corrected chi connectivity index (χ2v) is 5.41. The average Bonchev–Trinajstić information content (AvgIpc) is 2.81. The number of rotatable bonds is 6. The molecule has 1 atom stereocenters. The van der Waals surface area contributed by atoms with Crippen molar-refractivity contribution in [3.8, 4) is 6.07 Å². The third kappa shape index (κ3) is 5.01. The molecule has 0 radical (unpaired) electrons. The van der Waals surface area contributed by atoms with E-state index in [-0.39, 0.29) is 11.8 Å². The number of hydrogen-bond donors (Lipinski definition) is 1. The number of carbonyl (C=O) groups excluding carboxylic acids is 1. The van der Waals surface area contributed by atoms with Crippen LogP contribution in [0.2, 0.25) is 0 Å². The zero-order valence-electron chi connectivity index (χ0n) is 10.3. The van der Waals surface area contributed by atoms with Crippen molar-refractivity contribution in [3.63, 3.8) is 0 Å². The highest BCUT2D eigenvalue weighted by Gasteiger charge is 2.13. The molecule has 0 aliphatic heterocycles. The van der Waals surface area contributed by atoms with E-state index in [1.165, 1.54) is 0 Å². The number of nitrogens with one attached hydrogen (secondary N) is 1. The van der Waals surface area contributed by atoms with Gasteiger partial charge in [0, 0.05) is 17.8 Å². The molecule has 17 heavy (non-hydrogen) atoms. The van der Waals surface area contributed by atoms with Gasteiger partial charge in [-0.25, -0.2) is 0 Å². The van der Waals surface area contributed by atoms with E-state index in [9.17, 15) is 4.79 Å². The SMILES string of the molecule is CC(C)CNC(=O)CCC(C#N)c1cccs1. The molecule has 0 saturated carbocycles. The predicted molar refractivity (Wildman–Crippen MR) is 69.8 cm³/mol. The Balaban J connectivity index is 2.34. The van der Waals surface area contributed by atoms with Crippen molar-refractivity contribution >= 4 is 17.2 Å². The molecule has 0 bridgehead atoms. The number of thiophene rings is 1. The maximum Gasteiger partial charge on any atom is 0.220 e. The lowest BCUT2D eigenvalue weighted by Crippen LogP contribution is -2.27. The summed E-state index contributed by atoms with van der Waals surface area (Å²) in [5.41, 5.74) is 0. The Morgan fingerprint density at radius 1 is 1.59 bits per heavy atom. The maximum atomic E-state index is 11.5. The zero-order chi connectivity index (χ0) is 12.7. The van der Waals surface area contributed by atoms with Gasteiger partial charge in [-0.05, 0) is 23.8 Å². The summed E-state index contributed by atoms with van der Waals surface area (Å²) in [5, 5.41) is 13.9. The summed E-state index contributed by atoms with van der Waals surface area (Å²) < 4.78 is 0. The molecule has 0 aromatic carbocycles. The van der Waals surface area contributed by atoms with Crippen molar-refractivity contribution in [1.82, 2.24) is 5.32 Å². The summed E-state index contributed by atoms with van der Waals surface area (Å²) in [5.74, 6) is 0.346. The van der Waals surface area contributed by atoms with Gasteiger partial charge in [-0.2, -0.15) is 5.26 Å². The van der Waals surface area contributed by atoms with Crippen molar-refractivity contribution in [2.45, 2.75) is 32.6 Å². The van der Waals surface area contributed by atoms with Crippen molar-refractivity contribution in [2.75, 3.05) is 6.54 Å². The molecule has 0 spiro atoms. The number of nitrogens with zero attached hydrogens (tertiary/aromatic N) is 1. The second-order valence-electron chi connectivity index (χ2n) is 4.43. The highest BCUT2D eigenvalue weighted by Crippen LogP contribution is 2.24. The molecule has 1 unspecified atom stereocenters. The van der Waals surface area contributed by atoms with Gasteiger partial charge in [0.15, 0.2) is 0 Å². The molecule has 1 aromatic heterocycles. The van der Waals surface area contributed by atoms with Crippen molar-refractivity contribution in [1.29, 1.82) is 5.26 Å². The second kappa shape index (κ2) is 7.08. The monoisotopic (exact) mass is 250 g/mol. The van der Waals surface area contributed by atoms with Crippen LogP contribution in [0.1, 0.15) is 37.5 Å². The fourth-order valence-electron chi connectivity index (χ4n) is 1.44. The molecule has 0 fully saturated rings. The Morgan fingerprint density at radius 3 is 2.88 bits per heavy atom. The van der Waals surface area contributed by atoms with E-state index in [1.54, 1.807) is 11.3 Å².